The van der Waals surface area contributed by atoms with Crippen LogP contribution in [0.2, 0.25) is 0 Å². The average molecular weight is 224 g/mol. The molecule has 0 saturated heterocycles. The van der Waals surface area contributed by atoms with Gasteiger partial charge in [0.25, 0.3) is 0 Å². The Morgan fingerprint density at radius 2 is 2.13 bits per heavy atom. The normalized spacial score (nSPS) is 30.3. The zero-order valence-corrected chi connectivity index (χ0v) is 10.4. The number of rotatable bonds is 2. The lowest BCUT2D eigenvalue weighted by molar-refractivity contribution is 0.0997. The monoisotopic (exact) mass is 224 g/mol. The number of hydrogen-bond acceptors (Lipinski definition) is 3. The predicted octanol–water partition coefficient (Wildman–Crippen LogP) is 2.98. The summed E-state index contributed by atoms with van der Waals surface area (Å²) < 4.78 is 0. The van der Waals surface area contributed by atoms with Gasteiger partial charge in [0.05, 0.1) is 5.51 Å². The molecule has 2 nitrogen and oxygen atoms in total. The van der Waals surface area contributed by atoms with Crippen LogP contribution in [0.4, 0.5) is 0 Å². The zero-order valence-electron chi connectivity index (χ0n) is 9.62. The molecule has 3 heteroatoms. The van der Waals surface area contributed by atoms with Gasteiger partial charge in [-0.1, -0.05) is 26.7 Å². The van der Waals surface area contributed by atoms with E-state index in [9.17, 15) is 0 Å². The fourth-order valence-electron chi connectivity index (χ4n) is 2.56. The molecule has 15 heavy (non-hydrogen) atoms. The highest BCUT2D eigenvalue weighted by Gasteiger charge is 2.43. The third-order valence-corrected chi connectivity index (χ3v) is 4.78. The molecule has 1 atom stereocenters. The Kier molecular flexibility index (Phi) is 2.86. The van der Waals surface area contributed by atoms with E-state index >= 15 is 0 Å². The first-order chi connectivity index (χ1) is 7.04. The van der Waals surface area contributed by atoms with Crippen molar-refractivity contribution in [2.75, 3.05) is 0 Å². The molecule has 0 spiro atoms. The number of hydrogen-bond donors (Lipinski definition) is 1. The Morgan fingerprint density at radius 1 is 1.40 bits per heavy atom. The quantitative estimate of drug-likeness (QED) is 0.838. The molecule has 0 aliphatic heterocycles. The van der Waals surface area contributed by atoms with Crippen molar-refractivity contribution in [2.24, 2.45) is 11.1 Å². The summed E-state index contributed by atoms with van der Waals surface area (Å²) in [5.41, 5.74) is 8.73. The van der Waals surface area contributed by atoms with Crippen LogP contribution in [0.25, 0.3) is 0 Å². The predicted molar refractivity (Wildman–Crippen MR) is 65.0 cm³/mol. The van der Waals surface area contributed by atoms with Crippen LogP contribution in [0.15, 0.2) is 11.7 Å². The Morgan fingerprint density at radius 3 is 2.73 bits per heavy atom. The average Bonchev–Trinajstić information content (AvgIpc) is 2.63. The molecule has 1 saturated carbocycles. The minimum atomic E-state index is -0.0300. The highest BCUT2D eigenvalue weighted by atomic mass is 32.1. The van der Waals surface area contributed by atoms with Crippen molar-refractivity contribution >= 4 is 11.3 Å². The first kappa shape index (κ1) is 11.1. The van der Waals surface area contributed by atoms with Gasteiger partial charge in [-0.15, -0.1) is 11.3 Å². The lowest BCUT2D eigenvalue weighted by atomic mass is 9.62. The highest BCUT2D eigenvalue weighted by molar-refractivity contribution is 7.09. The van der Waals surface area contributed by atoms with E-state index in [1.54, 1.807) is 11.3 Å². The Labute approximate surface area is 95.9 Å². The van der Waals surface area contributed by atoms with Crippen molar-refractivity contribution in [1.29, 1.82) is 0 Å². The minimum Gasteiger partial charge on any atom is -0.324 e. The molecule has 2 rings (SSSR count). The molecule has 0 amide bonds. The lowest BCUT2D eigenvalue weighted by Crippen LogP contribution is -2.56. The first-order valence-electron chi connectivity index (χ1n) is 5.70. The topological polar surface area (TPSA) is 38.9 Å². The summed E-state index contributed by atoms with van der Waals surface area (Å²) in [6.07, 6.45) is 7.96. The molecule has 1 heterocycles. The van der Waals surface area contributed by atoms with Crippen LogP contribution >= 0.6 is 11.3 Å². The van der Waals surface area contributed by atoms with E-state index in [1.165, 1.54) is 24.1 Å². The third kappa shape index (κ3) is 2.08. The molecule has 1 aliphatic carbocycles. The minimum absolute atomic E-state index is 0.0300. The van der Waals surface area contributed by atoms with Crippen molar-refractivity contribution in [1.82, 2.24) is 4.98 Å². The second kappa shape index (κ2) is 3.87. The lowest BCUT2D eigenvalue weighted by Gasteiger charge is -2.47. The van der Waals surface area contributed by atoms with E-state index in [-0.39, 0.29) is 11.0 Å². The number of nitrogens with two attached hydrogens (primary N) is 1. The molecule has 1 aromatic rings. The van der Waals surface area contributed by atoms with Crippen LogP contribution in [-0.4, -0.2) is 10.5 Å². The van der Waals surface area contributed by atoms with Gasteiger partial charge in [-0.05, 0) is 18.3 Å². The Balaban J connectivity index is 2.17. The fraction of sp³-hybridized carbons (Fsp3) is 0.750. The van der Waals surface area contributed by atoms with Crippen LogP contribution in [0.1, 0.15) is 44.4 Å². The van der Waals surface area contributed by atoms with Gasteiger partial charge in [0.1, 0.15) is 0 Å². The van der Waals surface area contributed by atoms with Crippen molar-refractivity contribution in [2.45, 2.75) is 51.5 Å². The molecule has 1 aromatic heterocycles. The highest BCUT2D eigenvalue weighted by Crippen LogP contribution is 2.44. The smallest absolute Gasteiger partial charge is 0.0794 e. The SMILES string of the molecule is CC1(C)CCCCC1(N)Cc1cncs1. The standard InChI is InChI=1S/C12H20N2S/c1-11(2)5-3-4-6-12(11,13)7-10-8-14-9-15-10/h8-9H,3-7,13H2,1-2H3. The van der Waals surface area contributed by atoms with Crippen LogP contribution in [-0.2, 0) is 6.42 Å². The third-order valence-electron chi connectivity index (χ3n) is 4.00. The molecule has 0 bridgehead atoms. The second-order valence-corrected chi connectivity index (χ2v) is 6.36. The van der Waals surface area contributed by atoms with Gasteiger partial charge in [-0.3, -0.25) is 4.98 Å². The number of nitrogens with zero attached hydrogens (tertiary/aromatic N) is 1. The van der Waals surface area contributed by atoms with E-state index in [4.69, 9.17) is 5.73 Å². The van der Waals surface area contributed by atoms with Gasteiger partial charge >= 0.3 is 0 Å². The van der Waals surface area contributed by atoms with E-state index in [0.717, 1.165) is 12.8 Å². The molecule has 1 fully saturated rings. The Hall–Kier alpha value is -0.410. The molecule has 0 radical (unpaired) electrons. The second-order valence-electron chi connectivity index (χ2n) is 5.39. The van der Waals surface area contributed by atoms with Crippen molar-refractivity contribution in [3.63, 3.8) is 0 Å². The van der Waals surface area contributed by atoms with Crippen LogP contribution in [0, 0.1) is 5.41 Å². The molecule has 0 aromatic carbocycles. The first-order valence-corrected chi connectivity index (χ1v) is 6.58. The van der Waals surface area contributed by atoms with E-state index in [2.05, 4.69) is 18.8 Å². The molecule has 84 valence electrons. The molecule has 1 unspecified atom stereocenters. The van der Waals surface area contributed by atoms with Crippen LogP contribution in [0.3, 0.4) is 0 Å². The van der Waals surface area contributed by atoms with Gasteiger partial charge in [-0.2, -0.15) is 0 Å². The maximum absolute atomic E-state index is 6.61. The van der Waals surface area contributed by atoms with Crippen LogP contribution in [0.5, 0.6) is 0 Å². The van der Waals surface area contributed by atoms with Gasteiger partial charge < -0.3 is 5.73 Å². The fourth-order valence-corrected chi connectivity index (χ4v) is 3.28. The van der Waals surface area contributed by atoms with E-state index in [0.29, 0.717) is 0 Å². The molecular weight excluding hydrogens is 204 g/mol. The van der Waals surface area contributed by atoms with E-state index < -0.39 is 0 Å². The van der Waals surface area contributed by atoms with Crippen molar-refractivity contribution in [3.05, 3.63) is 16.6 Å². The van der Waals surface area contributed by atoms with Crippen molar-refractivity contribution in [3.8, 4) is 0 Å². The summed E-state index contributed by atoms with van der Waals surface area (Å²) in [4.78, 5) is 5.46. The summed E-state index contributed by atoms with van der Waals surface area (Å²) in [5.74, 6) is 0. The summed E-state index contributed by atoms with van der Waals surface area (Å²) in [7, 11) is 0. The maximum Gasteiger partial charge on any atom is 0.0794 e. The van der Waals surface area contributed by atoms with Gasteiger partial charge in [0, 0.05) is 23.0 Å². The van der Waals surface area contributed by atoms with E-state index in [1.807, 2.05) is 11.7 Å². The van der Waals surface area contributed by atoms with Crippen LogP contribution < -0.4 is 5.73 Å². The largest absolute Gasteiger partial charge is 0.324 e. The molecular formula is C12H20N2S. The molecule has 1 aliphatic rings. The maximum atomic E-state index is 6.61. The van der Waals surface area contributed by atoms with Crippen molar-refractivity contribution < 1.29 is 0 Å². The van der Waals surface area contributed by atoms with Gasteiger partial charge in [0.15, 0.2) is 0 Å². The number of aromatic nitrogens is 1. The summed E-state index contributed by atoms with van der Waals surface area (Å²) in [6.45, 7) is 4.63. The van der Waals surface area contributed by atoms with Gasteiger partial charge in [0.2, 0.25) is 0 Å². The molecule has 2 N–H and O–H groups in total. The Bertz CT molecular complexity index is 318. The summed E-state index contributed by atoms with van der Waals surface area (Å²) in [5, 5.41) is 0. The summed E-state index contributed by atoms with van der Waals surface area (Å²) >= 11 is 1.72. The zero-order chi connectivity index (χ0) is 10.9. The number of thiazole rings is 1. The van der Waals surface area contributed by atoms with Gasteiger partial charge in [-0.25, -0.2) is 0 Å². The summed E-state index contributed by atoms with van der Waals surface area (Å²) in [6, 6.07) is 0.